The maximum atomic E-state index is 12.3. The Morgan fingerprint density at radius 2 is 2.11 bits per heavy atom. The van der Waals surface area contributed by atoms with E-state index in [-0.39, 0.29) is 5.91 Å². The molecule has 0 radical (unpaired) electrons. The lowest BCUT2D eigenvalue weighted by Crippen LogP contribution is -2.18. The highest BCUT2D eigenvalue weighted by molar-refractivity contribution is 7.16. The van der Waals surface area contributed by atoms with Gasteiger partial charge in [0.15, 0.2) is 4.80 Å². The van der Waals surface area contributed by atoms with E-state index in [4.69, 9.17) is 9.47 Å². The van der Waals surface area contributed by atoms with E-state index < -0.39 is 5.97 Å². The molecule has 27 heavy (non-hydrogen) atoms. The molecule has 3 aromatic rings. The summed E-state index contributed by atoms with van der Waals surface area (Å²) in [6, 6.07) is 9.14. The van der Waals surface area contributed by atoms with Crippen LogP contribution in [0.25, 0.3) is 16.3 Å². The zero-order valence-electron chi connectivity index (χ0n) is 14.9. The number of carbonyl (C=O) groups excluding carboxylic acids is 2. The van der Waals surface area contributed by atoms with Crippen LogP contribution in [0.1, 0.15) is 15.2 Å². The van der Waals surface area contributed by atoms with Crippen molar-refractivity contribution in [1.29, 1.82) is 0 Å². The average molecular weight is 402 g/mol. The van der Waals surface area contributed by atoms with Crippen LogP contribution in [0.3, 0.4) is 0 Å². The standard InChI is InChI=1S/C19H18N2O4S2/c1-24-10-9-21-15-7-5-13(18(23)25-2)12-16(15)27-19(21)20-17(22)8-6-14-4-3-11-26-14/h3-8,11-12H,9-10H2,1-2H3/b8-6+,20-19?. The van der Waals surface area contributed by atoms with E-state index in [1.165, 1.54) is 24.5 Å². The number of fused-ring (bicyclic) bond motifs is 1. The quantitative estimate of drug-likeness (QED) is 0.468. The van der Waals surface area contributed by atoms with E-state index in [2.05, 4.69) is 4.99 Å². The number of esters is 1. The molecule has 1 aromatic carbocycles. The maximum Gasteiger partial charge on any atom is 0.337 e. The highest BCUT2D eigenvalue weighted by Gasteiger charge is 2.11. The summed E-state index contributed by atoms with van der Waals surface area (Å²) < 4.78 is 12.7. The number of thiophene rings is 1. The van der Waals surface area contributed by atoms with Crippen LogP contribution in [-0.2, 0) is 20.8 Å². The second kappa shape index (κ2) is 8.90. The third kappa shape index (κ3) is 4.60. The van der Waals surface area contributed by atoms with Crippen molar-refractivity contribution in [3.8, 4) is 0 Å². The van der Waals surface area contributed by atoms with Gasteiger partial charge in [0, 0.05) is 24.6 Å². The summed E-state index contributed by atoms with van der Waals surface area (Å²) in [5, 5.41) is 1.95. The number of aromatic nitrogens is 1. The first-order valence-corrected chi connectivity index (χ1v) is 9.83. The van der Waals surface area contributed by atoms with E-state index in [9.17, 15) is 9.59 Å². The summed E-state index contributed by atoms with van der Waals surface area (Å²) in [7, 11) is 2.97. The van der Waals surface area contributed by atoms with Crippen LogP contribution in [0, 0.1) is 0 Å². The van der Waals surface area contributed by atoms with Crippen molar-refractivity contribution >= 4 is 50.8 Å². The van der Waals surface area contributed by atoms with Crippen LogP contribution in [0.2, 0.25) is 0 Å². The van der Waals surface area contributed by atoms with Gasteiger partial charge < -0.3 is 14.0 Å². The van der Waals surface area contributed by atoms with Crippen molar-refractivity contribution in [3.05, 3.63) is 57.0 Å². The van der Waals surface area contributed by atoms with Crippen molar-refractivity contribution in [2.45, 2.75) is 6.54 Å². The number of methoxy groups -OCH3 is 2. The van der Waals surface area contributed by atoms with Gasteiger partial charge in [0.2, 0.25) is 0 Å². The van der Waals surface area contributed by atoms with E-state index in [1.807, 2.05) is 28.1 Å². The summed E-state index contributed by atoms with van der Waals surface area (Å²) in [5.41, 5.74) is 1.35. The normalized spacial score (nSPS) is 12.1. The fraction of sp³-hybridized carbons (Fsp3) is 0.211. The zero-order valence-corrected chi connectivity index (χ0v) is 16.5. The number of carbonyl (C=O) groups is 2. The summed E-state index contributed by atoms with van der Waals surface area (Å²) in [5.74, 6) is -0.739. The molecular formula is C19H18N2O4S2. The van der Waals surface area contributed by atoms with Crippen molar-refractivity contribution in [2.75, 3.05) is 20.8 Å². The number of hydrogen-bond donors (Lipinski definition) is 0. The SMILES string of the molecule is COCCn1c(=NC(=O)/C=C/c2cccs2)sc2cc(C(=O)OC)ccc21. The number of hydrogen-bond acceptors (Lipinski definition) is 6. The van der Waals surface area contributed by atoms with Gasteiger partial charge in [-0.15, -0.1) is 11.3 Å². The molecule has 8 heteroatoms. The fourth-order valence-electron chi connectivity index (χ4n) is 2.47. The minimum Gasteiger partial charge on any atom is -0.465 e. The molecule has 3 rings (SSSR count). The second-order valence-electron chi connectivity index (χ2n) is 5.50. The smallest absolute Gasteiger partial charge is 0.337 e. The molecule has 0 atom stereocenters. The van der Waals surface area contributed by atoms with E-state index >= 15 is 0 Å². The summed E-state index contributed by atoms with van der Waals surface area (Å²) in [4.78, 5) is 29.8. The maximum absolute atomic E-state index is 12.3. The molecule has 0 saturated heterocycles. The highest BCUT2D eigenvalue weighted by Crippen LogP contribution is 2.20. The van der Waals surface area contributed by atoms with Crippen LogP contribution < -0.4 is 4.80 Å². The zero-order chi connectivity index (χ0) is 19.2. The molecule has 0 bridgehead atoms. The Labute approximate surface area is 164 Å². The Balaban J connectivity index is 2.01. The molecule has 140 valence electrons. The summed E-state index contributed by atoms with van der Waals surface area (Å²) in [6.45, 7) is 1.03. The minimum atomic E-state index is -0.401. The van der Waals surface area contributed by atoms with Crippen molar-refractivity contribution < 1.29 is 19.1 Å². The number of rotatable bonds is 6. The van der Waals surface area contributed by atoms with Crippen LogP contribution in [0.5, 0.6) is 0 Å². The van der Waals surface area contributed by atoms with Crippen molar-refractivity contribution in [3.63, 3.8) is 0 Å². The van der Waals surface area contributed by atoms with Crippen LogP contribution in [-0.4, -0.2) is 37.3 Å². The minimum absolute atomic E-state index is 0.339. The molecule has 6 nitrogen and oxygen atoms in total. The van der Waals surface area contributed by atoms with Gasteiger partial charge in [0.25, 0.3) is 5.91 Å². The van der Waals surface area contributed by atoms with Crippen LogP contribution in [0.4, 0.5) is 0 Å². The Morgan fingerprint density at radius 3 is 2.81 bits per heavy atom. The lowest BCUT2D eigenvalue weighted by molar-refractivity contribution is -0.113. The largest absolute Gasteiger partial charge is 0.465 e. The molecule has 1 amide bonds. The third-order valence-electron chi connectivity index (χ3n) is 3.76. The molecular weight excluding hydrogens is 384 g/mol. The van der Waals surface area contributed by atoms with Crippen molar-refractivity contribution in [2.24, 2.45) is 4.99 Å². The van der Waals surface area contributed by atoms with Gasteiger partial charge in [-0.25, -0.2) is 4.79 Å². The van der Waals surface area contributed by atoms with E-state index in [0.29, 0.717) is 23.5 Å². The van der Waals surface area contributed by atoms with Gasteiger partial charge in [0.1, 0.15) is 0 Å². The first-order valence-electron chi connectivity index (χ1n) is 8.13. The lowest BCUT2D eigenvalue weighted by Gasteiger charge is -2.04. The van der Waals surface area contributed by atoms with Gasteiger partial charge in [-0.1, -0.05) is 17.4 Å². The highest BCUT2D eigenvalue weighted by atomic mass is 32.1. The third-order valence-corrected chi connectivity index (χ3v) is 5.64. The van der Waals surface area contributed by atoms with Gasteiger partial charge in [-0.05, 0) is 35.7 Å². The first kappa shape index (κ1) is 19.2. The van der Waals surface area contributed by atoms with E-state index in [1.54, 1.807) is 36.7 Å². The second-order valence-corrected chi connectivity index (χ2v) is 7.49. The monoisotopic (exact) mass is 402 g/mol. The molecule has 0 unspecified atom stereocenters. The number of thiazole rings is 1. The predicted molar refractivity (Wildman–Crippen MR) is 107 cm³/mol. The molecule has 0 saturated carbocycles. The predicted octanol–water partition coefficient (Wildman–Crippen LogP) is 3.34. The Kier molecular flexibility index (Phi) is 6.33. The van der Waals surface area contributed by atoms with Crippen molar-refractivity contribution in [1.82, 2.24) is 4.57 Å². The molecule has 2 aromatic heterocycles. The van der Waals surface area contributed by atoms with Gasteiger partial charge in [-0.2, -0.15) is 4.99 Å². The number of nitrogens with zero attached hydrogens (tertiary/aromatic N) is 2. The average Bonchev–Trinajstić information content (AvgIpc) is 3.31. The molecule has 0 aliphatic carbocycles. The van der Waals surface area contributed by atoms with Gasteiger partial charge in [0.05, 0.1) is 29.5 Å². The lowest BCUT2D eigenvalue weighted by atomic mass is 10.2. The van der Waals surface area contributed by atoms with Gasteiger partial charge >= 0.3 is 5.97 Å². The number of benzene rings is 1. The molecule has 0 N–H and O–H groups in total. The fourth-order valence-corrected chi connectivity index (χ4v) is 4.19. The number of ether oxygens (including phenoxy) is 2. The summed E-state index contributed by atoms with van der Waals surface area (Å²) in [6.07, 6.45) is 3.20. The number of amides is 1. The molecule has 0 aliphatic heterocycles. The molecule has 0 aliphatic rings. The molecule has 0 spiro atoms. The first-order chi connectivity index (χ1) is 13.1. The Morgan fingerprint density at radius 1 is 1.26 bits per heavy atom. The Hall–Kier alpha value is -2.55. The molecule has 0 fully saturated rings. The van der Waals surface area contributed by atoms with E-state index in [0.717, 1.165) is 15.1 Å². The molecule has 2 heterocycles. The van der Waals surface area contributed by atoms with Crippen LogP contribution >= 0.6 is 22.7 Å². The topological polar surface area (TPSA) is 69.9 Å². The Bertz CT molecular complexity index is 1050. The van der Waals surface area contributed by atoms with Crippen LogP contribution in [0.15, 0.2) is 46.8 Å². The van der Waals surface area contributed by atoms with Gasteiger partial charge in [-0.3, -0.25) is 4.79 Å². The summed E-state index contributed by atoms with van der Waals surface area (Å²) >= 11 is 2.90.